The van der Waals surface area contributed by atoms with E-state index in [-0.39, 0.29) is 5.92 Å². The van der Waals surface area contributed by atoms with E-state index in [1.54, 1.807) is 0 Å². The summed E-state index contributed by atoms with van der Waals surface area (Å²) < 4.78 is 55.2. The maximum absolute atomic E-state index is 13.7. The zero-order chi connectivity index (χ0) is 21.0. The van der Waals surface area contributed by atoms with Crippen molar-refractivity contribution in [3.8, 4) is 11.3 Å². The number of halogens is 4. The number of hydrogen-bond donors (Lipinski definition) is 0. The lowest BCUT2D eigenvalue weighted by atomic mass is 9.97. The van der Waals surface area contributed by atoms with Crippen LogP contribution in [-0.4, -0.2) is 34.1 Å². The van der Waals surface area contributed by atoms with E-state index in [0.717, 1.165) is 69.8 Å². The summed E-state index contributed by atoms with van der Waals surface area (Å²) in [5.41, 5.74) is -0.467. The molecule has 2 heterocycles. The van der Waals surface area contributed by atoms with Crippen LogP contribution in [0.4, 0.5) is 17.6 Å². The molecule has 1 fully saturated rings. The second kappa shape index (κ2) is 9.28. The molecule has 160 valence electrons. The lowest BCUT2D eigenvalue weighted by Crippen LogP contribution is -2.39. The van der Waals surface area contributed by atoms with Gasteiger partial charge in [0.1, 0.15) is 11.6 Å². The Kier molecular flexibility index (Phi) is 6.98. The fourth-order valence-electron chi connectivity index (χ4n) is 3.93. The Labute approximate surface area is 169 Å². The standard InChI is InChI=1S/C22H29F4N3/c1-3-6-16(7-4-2)21-27-20(15-29(21)13-12-28-10-5-11-28)17-8-9-19(23)18(14-17)22(24,25)26/h8-9,14-16H,3-7,10-13H2,1-2H3. The molecule has 0 saturated carbocycles. The number of aromatic nitrogens is 2. The fraction of sp³-hybridized carbons (Fsp3) is 0.591. The van der Waals surface area contributed by atoms with Crippen molar-refractivity contribution in [3.63, 3.8) is 0 Å². The summed E-state index contributed by atoms with van der Waals surface area (Å²) in [5, 5.41) is 0. The van der Waals surface area contributed by atoms with Crippen molar-refractivity contribution in [1.29, 1.82) is 0 Å². The molecule has 29 heavy (non-hydrogen) atoms. The minimum Gasteiger partial charge on any atom is -0.333 e. The minimum absolute atomic E-state index is 0.276. The van der Waals surface area contributed by atoms with Gasteiger partial charge in [0.2, 0.25) is 0 Å². The van der Waals surface area contributed by atoms with E-state index in [9.17, 15) is 17.6 Å². The summed E-state index contributed by atoms with van der Waals surface area (Å²) >= 11 is 0. The van der Waals surface area contributed by atoms with Gasteiger partial charge in [-0.15, -0.1) is 0 Å². The largest absolute Gasteiger partial charge is 0.419 e. The van der Waals surface area contributed by atoms with Crippen LogP contribution in [0.15, 0.2) is 24.4 Å². The van der Waals surface area contributed by atoms with Gasteiger partial charge in [-0.2, -0.15) is 13.2 Å². The first-order valence-corrected chi connectivity index (χ1v) is 10.5. The molecule has 1 aliphatic rings. The Bertz CT molecular complexity index is 803. The number of rotatable bonds is 9. The van der Waals surface area contributed by atoms with E-state index in [1.165, 1.54) is 12.5 Å². The molecule has 1 saturated heterocycles. The highest BCUT2D eigenvalue weighted by atomic mass is 19.4. The summed E-state index contributed by atoms with van der Waals surface area (Å²) in [6, 6.07) is 3.13. The van der Waals surface area contributed by atoms with Gasteiger partial charge in [-0.1, -0.05) is 26.7 Å². The molecule has 0 bridgehead atoms. The summed E-state index contributed by atoms with van der Waals surface area (Å²) in [7, 11) is 0. The zero-order valence-corrected chi connectivity index (χ0v) is 17.1. The topological polar surface area (TPSA) is 21.1 Å². The molecule has 0 amide bonds. The van der Waals surface area contributed by atoms with Crippen molar-refractivity contribution < 1.29 is 17.6 Å². The fourth-order valence-corrected chi connectivity index (χ4v) is 3.93. The Morgan fingerprint density at radius 1 is 1.07 bits per heavy atom. The Morgan fingerprint density at radius 3 is 2.31 bits per heavy atom. The molecule has 3 nitrogen and oxygen atoms in total. The Balaban J connectivity index is 1.96. The predicted octanol–water partition coefficient (Wildman–Crippen LogP) is 6.10. The average Bonchev–Trinajstić information content (AvgIpc) is 3.04. The molecule has 2 aromatic rings. The number of benzene rings is 1. The van der Waals surface area contributed by atoms with Crippen LogP contribution in [0.3, 0.4) is 0 Å². The van der Waals surface area contributed by atoms with Crippen LogP contribution < -0.4 is 0 Å². The van der Waals surface area contributed by atoms with E-state index >= 15 is 0 Å². The molecule has 1 aromatic carbocycles. The molecule has 0 spiro atoms. The molecule has 0 atom stereocenters. The predicted molar refractivity (Wildman–Crippen MR) is 106 cm³/mol. The number of likely N-dealkylation sites (tertiary alicyclic amines) is 1. The van der Waals surface area contributed by atoms with Crippen LogP contribution in [0.2, 0.25) is 0 Å². The molecule has 1 aliphatic heterocycles. The molecular weight excluding hydrogens is 382 g/mol. The number of hydrogen-bond acceptors (Lipinski definition) is 2. The van der Waals surface area contributed by atoms with Gasteiger partial charge in [0.15, 0.2) is 0 Å². The third-order valence-corrected chi connectivity index (χ3v) is 5.62. The summed E-state index contributed by atoms with van der Waals surface area (Å²) in [6.07, 6.45) is 2.35. The molecule has 0 unspecified atom stereocenters. The molecule has 3 rings (SSSR count). The molecule has 1 aromatic heterocycles. The van der Waals surface area contributed by atoms with E-state index in [1.807, 2.05) is 6.20 Å². The van der Waals surface area contributed by atoms with Gasteiger partial charge < -0.3 is 9.47 Å². The van der Waals surface area contributed by atoms with Crippen molar-refractivity contribution in [1.82, 2.24) is 14.5 Å². The monoisotopic (exact) mass is 411 g/mol. The first kappa shape index (κ1) is 21.8. The van der Waals surface area contributed by atoms with Crippen molar-refractivity contribution in [2.24, 2.45) is 0 Å². The van der Waals surface area contributed by atoms with Crippen LogP contribution >= 0.6 is 0 Å². The number of imidazole rings is 1. The maximum atomic E-state index is 13.7. The SMILES string of the molecule is CCCC(CCC)c1nc(-c2ccc(F)c(C(F)(F)F)c2)cn1CCN1CCC1. The van der Waals surface area contributed by atoms with E-state index in [4.69, 9.17) is 4.98 Å². The lowest BCUT2D eigenvalue weighted by Gasteiger charge is -2.31. The highest BCUT2D eigenvalue weighted by Gasteiger charge is 2.34. The van der Waals surface area contributed by atoms with E-state index < -0.39 is 17.6 Å². The van der Waals surface area contributed by atoms with E-state index in [2.05, 4.69) is 23.3 Å². The van der Waals surface area contributed by atoms with Crippen molar-refractivity contribution >= 4 is 0 Å². The van der Waals surface area contributed by atoms with E-state index in [0.29, 0.717) is 11.3 Å². The van der Waals surface area contributed by atoms with Gasteiger partial charge in [0.25, 0.3) is 0 Å². The maximum Gasteiger partial charge on any atom is 0.419 e. The van der Waals surface area contributed by atoms with Crippen LogP contribution in [0.5, 0.6) is 0 Å². The molecule has 7 heteroatoms. The number of alkyl halides is 3. The quantitative estimate of drug-likeness (QED) is 0.465. The smallest absolute Gasteiger partial charge is 0.333 e. The Morgan fingerprint density at radius 2 is 1.76 bits per heavy atom. The van der Waals surface area contributed by atoms with Gasteiger partial charge in [-0.05, 0) is 50.6 Å². The zero-order valence-electron chi connectivity index (χ0n) is 17.1. The summed E-state index contributed by atoms with van der Waals surface area (Å²) in [6.45, 7) is 8.12. The molecule has 0 radical (unpaired) electrons. The first-order chi connectivity index (χ1) is 13.8. The van der Waals surface area contributed by atoms with Gasteiger partial charge in [0, 0.05) is 30.8 Å². The minimum atomic E-state index is -4.73. The Hall–Kier alpha value is -1.89. The second-order valence-corrected chi connectivity index (χ2v) is 7.84. The second-order valence-electron chi connectivity index (χ2n) is 7.84. The van der Waals surface area contributed by atoms with Crippen molar-refractivity contribution in [3.05, 3.63) is 41.6 Å². The van der Waals surface area contributed by atoms with Gasteiger partial charge >= 0.3 is 6.18 Å². The highest BCUT2D eigenvalue weighted by molar-refractivity contribution is 5.60. The van der Waals surface area contributed by atoms with Crippen LogP contribution in [-0.2, 0) is 12.7 Å². The van der Waals surface area contributed by atoms with Crippen LogP contribution in [0.25, 0.3) is 11.3 Å². The normalized spacial score (nSPS) is 15.1. The van der Waals surface area contributed by atoms with Crippen LogP contribution in [0, 0.1) is 5.82 Å². The molecule has 0 N–H and O–H groups in total. The van der Waals surface area contributed by atoms with Gasteiger partial charge in [-0.3, -0.25) is 0 Å². The number of nitrogens with zero attached hydrogens (tertiary/aromatic N) is 3. The first-order valence-electron chi connectivity index (χ1n) is 10.5. The van der Waals surface area contributed by atoms with Gasteiger partial charge in [0.05, 0.1) is 11.3 Å². The third-order valence-electron chi connectivity index (χ3n) is 5.62. The third kappa shape index (κ3) is 5.18. The van der Waals surface area contributed by atoms with Gasteiger partial charge in [-0.25, -0.2) is 9.37 Å². The highest BCUT2D eigenvalue weighted by Crippen LogP contribution is 2.35. The lowest BCUT2D eigenvalue weighted by molar-refractivity contribution is -0.139. The summed E-state index contributed by atoms with van der Waals surface area (Å²) in [5.74, 6) is -0.0479. The van der Waals surface area contributed by atoms with Crippen LogP contribution in [0.1, 0.15) is 63.3 Å². The van der Waals surface area contributed by atoms with Crippen molar-refractivity contribution in [2.75, 3.05) is 19.6 Å². The van der Waals surface area contributed by atoms with Crippen molar-refractivity contribution in [2.45, 2.75) is 64.6 Å². The molecule has 0 aliphatic carbocycles. The molecular formula is C22H29F4N3. The summed E-state index contributed by atoms with van der Waals surface area (Å²) in [4.78, 5) is 7.11. The average molecular weight is 411 g/mol.